The van der Waals surface area contributed by atoms with Crippen LogP contribution in [0.25, 0.3) is 0 Å². The van der Waals surface area contributed by atoms with E-state index in [4.69, 9.17) is 9.47 Å². The van der Waals surface area contributed by atoms with Crippen molar-refractivity contribution in [3.8, 4) is 0 Å². The summed E-state index contributed by atoms with van der Waals surface area (Å²) in [5.74, 6) is -1.63. The van der Waals surface area contributed by atoms with Crippen molar-refractivity contribution in [3.05, 3.63) is 12.2 Å². The first kappa shape index (κ1) is 18.8. The first-order valence-electron chi connectivity index (χ1n) is 9.90. The number of aliphatic hydroxyl groups excluding tert-OH is 1. The standard InChI is InChI=1S/C21H28O6/c1-10-13-8-15(26-11(2)22)17(24)12-6-5-7-20(3,4)14(12)9-16(23)21(18(10)25)19(13)27-21/h12-16,19,23H,1,5-9H2,2-4H3/t12?,13?,14-,15-,16+,19?,21?/m0/s1. The second kappa shape index (κ2) is 5.98. The summed E-state index contributed by atoms with van der Waals surface area (Å²) in [6.07, 6.45) is 0.808. The number of Topliss-reactive ketones (excluding diaryl/α,β-unsaturated/α-hetero) is 2. The van der Waals surface area contributed by atoms with E-state index in [9.17, 15) is 19.5 Å². The van der Waals surface area contributed by atoms with Crippen LogP contribution in [-0.2, 0) is 23.9 Å². The van der Waals surface area contributed by atoms with Gasteiger partial charge in [-0.3, -0.25) is 14.4 Å². The van der Waals surface area contributed by atoms with Crippen LogP contribution in [0, 0.1) is 23.2 Å². The van der Waals surface area contributed by atoms with Gasteiger partial charge in [-0.2, -0.15) is 0 Å². The first-order valence-corrected chi connectivity index (χ1v) is 9.90. The average Bonchev–Trinajstić information content (AvgIpc) is 3.29. The van der Waals surface area contributed by atoms with Gasteiger partial charge in [0.2, 0.25) is 0 Å². The van der Waals surface area contributed by atoms with Crippen molar-refractivity contribution < 1.29 is 29.0 Å². The molecule has 1 saturated heterocycles. The predicted octanol–water partition coefficient (Wildman–Crippen LogP) is 1.98. The molecule has 3 saturated carbocycles. The molecule has 148 valence electrons. The highest BCUT2D eigenvalue weighted by Crippen LogP contribution is 2.59. The maximum absolute atomic E-state index is 13.4. The van der Waals surface area contributed by atoms with Crippen molar-refractivity contribution in [1.82, 2.24) is 0 Å². The lowest BCUT2D eigenvalue weighted by atomic mass is 9.59. The molecule has 6 heteroatoms. The van der Waals surface area contributed by atoms with Crippen molar-refractivity contribution in [2.24, 2.45) is 23.2 Å². The van der Waals surface area contributed by atoms with Crippen LogP contribution < -0.4 is 0 Å². The number of ether oxygens (including phenoxy) is 2. The average molecular weight is 376 g/mol. The summed E-state index contributed by atoms with van der Waals surface area (Å²) in [6, 6.07) is 0. The number of epoxide rings is 1. The number of carbonyl (C=O) groups excluding carboxylic acids is 3. The minimum atomic E-state index is -1.21. The highest BCUT2D eigenvalue weighted by molar-refractivity contribution is 6.08. The Bertz CT molecular complexity index is 724. The fourth-order valence-electron chi connectivity index (χ4n) is 5.87. The van der Waals surface area contributed by atoms with Crippen LogP contribution in [0.2, 0.25) is 0 Å². The summed E-state index contributed by atoms with van der Waals surface area (Å²) in [4.78, 5) is 37.9. The van der Waals surface area contributed by atoms with E-state index in [1.54, 1.807) is 0 Å². The molecule has 2 bridgehead atoms. The number of ketones is 2. The van der Waals surface area contributed by atoms with E-state index < -0.39 is 35.8 Å². The molecule has 4 rings (SSSR count). The first-order chi connectivity index (χ1) is 12.6. The molecule has 0 aromatic rings. The van der Waals surface area contributed by atoms with Gasteiger partial charge in [0, 0.05) is 25.2 Å². The molecule has 4 unspecified atom stereocenters. The fraction of sp³-hybridized carbons (Fsp3) is 0.762. The molecule has 0 amide bonds. The molecule has 1 heterocycles. The van der Waals surface area contributed by atoms with Crippen LogP contribution >= 0.6 is 0 Å². The van der Waals surface area contributed by atoms with Gasteiger partial charge in [0.15, 0.2) is 23.3 Å². The lowest BCUT2D eigenvalue weighted by Gasteiger charge is -2.45. The summed E-state index contributed by atoms with van der Waals surface area (Å²) in [5, 5.41) is 11.0. The Morgan fingerprint density at radius 1 is 1.26 bits per heavy atom. The number of hydrogen-bond donors (Lipinski definition) is 1. The SMILES string of the molecule is C=C1C(=O)C23OC2C1C[C@H](OC(C)=O)C(=O)C1CCCC(C)(C)[C@H]1C[C@H]3O. The van der Waals surface area contributed by atoms with E-state index in [2.05, 4.69) is 20.4 Å². The van der Waals surface area contributed by atoms with Gasteiger partial charge in [-0.1, -0.05) is 26.8 Å². The van der Waals surface area contributed by atoms with E-state index in [-0.39, 0.29) is 35.2 Å². The van der Waals surface area contributed by atoms with Gasteiger partial charge in [0.1, 0.15) is 6.10 Å². The van der Waals surface area contributed by atoms with Gasteiger partial charge in [-0.25, -0.2) is 0 Å². The minimum absolute atomic E-state index is 0.0875. The Morgan fingerprint density at radius 2 is 1.96 bits per heavy atom. The predicted molar refractivity (Wildman–Crippen MR) is 95.7 cm³/mol. The highest BCUT2D eigenvalue weighted by atomic mass is 16.6. The normalized spacial score (nSPS) is 45.7. The molecule has 1 aliphatic heterocycles. The quantitative estimate of drug-likeness (QED) is 0.427. The molecule has 3 aliphatic carbocycles. The number of rotatable bonds is 1. The number of esters is 1. The van der Waals surface area contributed by atoms with Crippen LogP contribution in [0.5, 0.6) is 0 Å². The minimum Gasteiger partial charge on any atom is -0.455 e. The molecule has 0 spiro atoms. The molecule has 0 aromatic heterocycles. The Kier molecular flexibility index (Phi) is 4.17. The van der Waals surface area contributed by atoms with Gasteiger partial charge < -0.3 is 14.6 Å². The molecule has 1 N–H and O–H groups in total. The smallest absolute Gasteiger partial charge is 0.303 e. The van der Waals surface area contributed by atoms with E-state index in [1.807, 2.05) is 0 Å². The van der Waals surface area contributed by atoms with Crippen LogP contribution in [0.3, 0.4) is 0 Å². The topological polar surface area (TPSA) is 93.2 Å². The second-order valence-electron chi connectivity index (χ2n) is 9.37. The van der Waals surface area contributed by atoms with Crippen molar-refractivity contribution in [2.75, 3.05) is 0 Å². The van der Waals surface area contributed by atoms with Gasteiger partial charge in [-0.05, 0) is 36.2 Å². The third kappa shape index (κ3) is 2.64. The Balaban J connectivity index is 1.77. The molecule has 0 aromatic carbocycles. The third-order valence-corrected chi connectivity index (χ3v) is 7.40. The maximum Gasteiger partial charge on any atom is 0.303 e. The van der Waals surface area contributed by atoms with E-state index in [0.717, 1.165) is 12.8 Å². The zero-order valence-corrected chi connectivity index (χ0v) is 16.2. The summed E-state index contributed by atoms with van der Waals surface area (Å²) in [7, 11) is 0. The lowest BCUT2D eigenvalue weighted by Crippen LogP contribution is -2.48. The van der Waals surface area contributed by atoms with Gasteiger partial charge in [-0.15, -0.1) is 0 Å². The maximum atomic E-state index is 13.4. The molecule has 4 aliphatic rings. The molecule has 6 nitrogen and oxygen atoms in total. The van der Waals surface area contributed by atoms with Crippen LogP contribution in [0.1, 0.15) is 52.9 Å². The van der Waals surface area contributed by atoms with Crippen LogP contribution in [-0.4, -0.2) is 46.6 Å². The van der Waals surface area contributed by atoms with E-state index in [1.165, 1.54) is 6.92 Å². The number of carbonyl (C=O) groups is 3. The van der Waals surface area contributed by atoms with Crippen molar-refractivity contribution >= 4 is 17.5 Å². The zero-order chi connectivity index (χ0) is 19.7. The largest absolute Gasteiger partial charge is 0.455 e. The van der Waals surface area contributed by atoms with Crippen molar-refractivity contribution in [1.29, 1.82) is 0 Å². The van der Waals surface area contributed by atoms with Crippen LogP contribution in [0.4, 0.5) is 0 Å². The van der Waals surface area contributed by atoms with Gasteiger partial charge >= 0.3 is 5.97 Å². The highest BCUT2D eigenvalue weighted by Gasteiger charge is 2.75. The third-order valence-electron chi connectivity index (χ3n) is 7.40. The Morgan fingerprint density at radius 3 is 2.63 bits per heavy atom. The zero-order valence-electron chi connectivity index (χ0n) is 16.2. The van der Waals surface area contributed by atoms with Gasteiger partial charge in [0.05, 0.1) is 6.10 Å². The van der Waals surface area contributed by atoms with Gasteiger partial charge in [0.25, 0.3) is 0 Å². The molecule has 7 atom stereocenters. The molecular formula is C21H28O6. The summed E-state index contributed by atoms with van der Waals surface area (Å²) >= 11 is 0. The van der Waals surface area contributed by atoms with Crippen molar-refractivity contribution in [2.45, 2.75) is 76.8 Å². The fourth-order valence-corrected chi connectivity index (χ4v) is 5.87. The number of fused-ring (bicyclic) bond motifs is 1. The van der Waals surface area contributed by atoms with Crippen LogP contribution in [0.15, 0.2) is 12.2 Å². The Hall–Kier alpha value is -1.53. The molecule has 4 fully saturated rings. The summed E-state index contributed by atoms with van der Waals surface area (Å²) in [6.45, 7) is 9.41. The molecule has 0 radical (unpaired) electrons. The summed E-state index contributed by atoms with van der Waals surface area (Å²) < 4.78 is 11.2. The molecular weight excluding hydrogens is 348 g/mol. The number of hydrogen-bond acceptors (Lipinski definition) is 6. The monoisotopic (exact) mass is 376 g/mol. The van der Waals surface area contributed by atoms with E-state index in [0.29, 0.717) is 18.4 Å². The van der Waals surface area contributed by atoms with E-state index >= 15 is 0 Å². The lowest BCUT2D eigenvalue weighted by molar-refractivity contribution is -0.158. The molecule has 27 heavy (non-hydrogen) atoms. The summed E-state index contributed by atoms with van der Waals surface area (Å²) in [5.41, 5.74) is -0.987. The van der Waals surface area contributed by atoms with Crippen molar-refractivity contribution in [3.63, 3.8) is 0 Å². The second-order valence-corrected chi connectivity index (χ2v) is 9.37. The Labute approximate surface area is 159 Å². The number of aliphatic hydroxyl groups is 1.